The molecular formula is C21H21FN4O2. The third-order valence-corrected chi connectivity index (χ3v) is 4.29. The van der Waals surface area contributed by atoms with Crippen LogP contribution in [0.1, 0.15) is 30.8 Å². The van der Waals surface area contributed by atoms with Crippen LogP contribution in [0, 0.1) is 12.7 Å². The number of imidazole rings is 1. The molecule has 2 aromatic carbocycles. The van der Waals surface area contributed by atoms with Crippen LogP contribution in [0.2, 0.25) is 0 Å². The monoisotopic (exact) mass is 380 g/mol. The first-order valence-electron chi connectivity index (χ1n) is 8.86. The molecule has 0 saturated heterocycles. The Hall–Kier alpha value is -3.48. The predicted octanol–water partition coefficient (Wildman–Crippen LogP) is 3.53. The summed E-state index contributed by atoms with van der Waals surface area (Å²) >= 11 is 0. The number of carbonyl (C=O) groups excluding carboxylic acids is 2. The van der Waals surface area contributed by atoms with Gasteiger partial charge in [-0.3, -0.25) is 9.59 Å². The van der Waals surface area contributed by atoms with Gasteiger partial charge in [0.1, 0.15) is 11.6 Å². The number of amides is 2. The lowest BCUT2D eigenvalue weighted by atomic mass is 10.0. The Bertz CT molecular complexity index is 985. The van der Waals surface area contributed by atoms with Crippen LogP contribution in [0.3, 0.4) is 0 Å². The van der Waals surface area contributed by atoms with Gasteiger partial charge >= 0.3 is 0 Å². The van der Waals surface area contributed by atoms with Crippen molar-refractivity contribution in [3.05, 3.63) is 78.1 Å². The number of hydrogen-bond acceptors (Lipinski definition) is 3. The van der Waals surface area contributed by atoms with Gasteiger partial charge in [-0.05, 0) is 30.7 Å². The molecule has 1 unspecified atom stereocenters. The maximum Gasteiger partial charge on any atom is 0.226 e. The molecule has 0 aliphatic rings. The van der Waals surface area contributed by atoms with E-state index in [1.807, 2.05) is 30.3 Å². The highest BCUT2D eigenvalue weighted by Gasteiger charge is 2.17. The van der Waals surface area contributed by atoms with E-state index in [1.54, 1.807) is 36.0 Å². The number of hydrogen-bond donors (Lipinski definition) is 2. The van der Waals surface area contributed by atoms with Crippen LogP contribution in [0.5, 0.6) is 0 Å². The van der Waals surface area contributed by atoms with E-state index in [2.05, 4.69) is 15.6 Å². The first-order chi connectivity index (χ1) is 13.4. The minimum Gasteiger partial charge on any atom is -0.349 e. The smallest absolute Gasteiger partial charge is 0.226 e. The number of rotatable bonds is 6. The van der Waals surface area contributed by atoms with Crippen molar-refractivity contribution in [2.24, 2.45) is 0 Å². The van der Waals surface area contributed by atoms with Gasteiger partial charge < -0.3 is 15.2 Å². The Morgan fingerprint density at radius 2 is 1.93 bits per heavy atom. The molecule has 2 amide bonds. The first-order valence-corrected chi connectivity index (χ1v) is 8.86. The van der Waals surface area contributed by atoms with E-state index < -0.39 is 11.9 Å². The first kappa shape index (κ1) is 19.3. The SMILES string of the molecule is CC(=O)NC(CC(=O)Nc1ccc(-n2ccnc2C)c(F)c1)c1ccccc1. The van der Waals surface area contributed by atoms with Crippen LogP contribution >= 0.6 is 0 Å². The van der Waals surface area contributed by atoms with E-state index in [1.165, 1.54) is 13.0 Å². The zero-order valence-corrected chi connectivity index (χ0v) is 15.6. The molecule has 1 heterocycles. The average Bonchev–Trinajstić information content (AvgIpc) is 3.07. The van der Waals surface area contributed by atoms with Gasteiger partial charge in [0.25, 0.3) is 0 Å². The molecule has 144 valence electrons. The molecule has 7 heteroatoms. The molecule has 28 heavy (non-hydrogen) atoms. The number of anilines is 1. The second-order valence-electron chi connectivity index (χ2n) is 6.43. The highest BCUT2D eigenvalue weighted by atomic mass is 19.1. The summed E-state index contributed by atoms with van der Waals surface area (Å²) in [5, 5.41) is 5.46. The van der Waals surface area contributed by atoms with E-state index in [9.17, 15) is 14.0 Å². The topological polar surface area (TPSA) is 76.0 Å². The van der Waals surface area contributed by atoms with Crippen molar-refractivity contribution in [1.82, 2.24) is 14.9 Å². The molecule has 0 bridgehead atoms. The predicted molar refractivity (Wildman–Crippen MR) is 105 cm³/mol. The van der Waals surface area contributed by atoms with E-state index in [4.69, 9.17) is 0 Å². The molecule has 3 rings (SSSR count). The highest BCUT2D eigenvalue weighted by Crippen LogP contribution is 2.21. The third-order valence-electron chi connectivity index (χ3n) is 4.29. The summed E-state index contributed by atoms with van der Waals surface area (Å²) in [6, 6.07) is 13.3. The fraction of sp³-hybridized carbons (Fsp3) is 0.190. The van der Waals surface area contributed by atoms with Gasteiger partial charge in [-0.15, -0.1) is 0 Å². The van der Waals surface area contributed by atoms with Crippen LogP contribution in [0.15, 0.2) is 60.9 Å². The third kappa shape index (κ3) is 4.62. The molecule has 2 N–H and O–H groups in total. The van der Waals surface area contributed by atoms with E-state index in [0.29, 0.717) is 17.2 Å². The van der Waals surface area contributed by atoms with E-state index in [-0.39, 0.29) is 18.2 Å². The molecule has 0 aliphatic carbocycles. The zero-order valence-electron chi connectivity index (χ0n) is 15.6. The van der Waals surface area contributed by atoms with E-state index >= 15 is 0 Å². The molecule has 3 aromatic rings. The lowest BCUT2D eigenvalue weighted by molar-refractivity contribution is -0.120. The summed E-state index contributed by atoms with van der Waals surface area (Å²) in [4.78, 5) is 28.0. The van der Waals surface area contributed by atoms with Crippen molar-refractivity contribution in [3.63, 3.8) is 0 Å². The Balaban J connectivity index is 1.72. The molecule has 1 atom stereocenters. The number of nitrogens with one attached hydrogen (secondary N) is 2. The van der Waals surface area contributed by atoms with Gasteiger partial charge in [-0.1, -0.05) is 30.3 Å². The van der Waals surface area contributed by atoms with Gasteiger partial charge in [0.15, 0.2) is 0 Å². The maximum atomic E-state index is 14.5. The number of benzene rings is 2. The lowest BCUT2D eigenvalue weighted by Gasteiger charge is -2.18. The van der Waals surface area contributed by atoms with Crippen molar-refractivity contribution < 1.29 is 14.0 Å². The van der Waals surface area contributed by atoms with Crippen LogP contribution in [0.25, 0.3) is 5.69 Å². The summed E-state index contributed by atoms with van der Waals surface area (Å²) < 4.78 is 16.1. The van der Waals surface area contributed by atoms with Crippen LogP contribution in [-0.4, -0.2) is 21.4 Å². The fourth-order valence-corrected chi connectivity index (χ4v) is 2.99. The Morgan fingerprint density at radius 3 is 2.54 bits per heavy atom. The quantitative estimate of drug-likeness (QED) is 0.687. The summed E-state index contributed by atoms with van der Waals surface area (Å²) in [6.45, 7) is 3.18. The van der Waals surface area contributed by atoms with E-state index in [0.717, 1.165) is 5.56 Å². The minimum atomic E-state index is -0.472. The highest BCUT2D eigenvalue weighted by molar-refractivity contribution is 5.91. The van der Waals surface area contributed by atoms with Crippen LogP contribution in [0.4, 0.5) is 10.1 Å². The molecule has 1 aromatic heterocycles. The minimum absolute atomic E-state index is 0.0353. The molecule has 0 saturated carbocycles. The molecule has 0 aliphatic heterocycles. The number of aromatic nitrogens is 2. The van der Waals surface area contributed by atoms with Gasteiger partial charge in [0, 0.05) is 25.0 Å². The Kier molecular flexibility index (Phi) is 5.84. The molecule has 0 fully saturated rings. The number of nitrogens with zero attached hydrogens (tertiary/aromatic N) is 2. The number of aryl methyl sites for hydroxylation is 1. The normalized spacial score (nSPS) is 11.7. The molecule has 0 radical (unpaired) electrons. The van der Waals surface area contributed by atoms with Gasteiger partial charge in [0.2, 0.25) is 11.8 Å². The van der Waals surface area contributed by atoms with Crippen molar-refractivity contribution in [2.45, 2.75) is 26.3 Å². The number of halogens is 1. The molecular weight excluding hydrogens is 359 g/mol. The number of carbonyl (C=O) groups is 2. The second-order valence-corrected chi connectivity index (χ2v) is 6.43. The van der Waals surface area contributed by atoms with Gasteiger partial charge in [-0.2, -0.15) is 0 Å². The largest absolute Gasteiger partial charge is 0.349 e. The summed E-state index contributed by atoms with van der Waals surface area (Å²) in [5.74, 6) is -0.363. The molecule has 0 spiro atoms. The zero-order chi connectivity index (χ0) is 20.1. The lowest BCUT2D eigenvalue weighted by Crippen LogP contribution is -2.29. The van der Waals surface area contributed by atoms with Crippen molar-refractivity contribution in [3.8, 4) is 5.69 Å². The Morgan fingerprint density at radius 1 is 1.18 bits per heavy atom. The van der Waals surface area contributed by atoms with Crippen molar-refractivity contribution in [2.75, 3.05) is 5.32 Å². The van der Waals surface area contributed by atoms with Crippen molar-refractivity contribution in [1.29, 1.82) is 0 Å². The average molecular weight is 380 g/mol. The van der Waals surface area contributed by atoms with Gasteiger partial charge in [0.05, 0.1) is 18.2 Å². The standard InChI is InChI=1S/C21H21FN4O2/c1-14-23-10-11-26(14)20-9-8-17(12-18(20)22)25-21(28)13-19(24-15(2)27)16-6-4-3-5-7-16/h3-12,19H,13H2,1-2H3,(H,24,27)(H,25,28). The van der Waals surface area contributed by atoms with Crippen molar-refractivity contribution >= 4 is 17.5 Å². The summed E-state index contributed by atoms with van der Waals surface area (Å²) in [6.07, 6.45) is 3.30. The summed E-state index contributed by atoms with van der Waals surface area (Å²) in [7, 11) is 0. The van der Waals surface area contributed by atoms with Crippen LogP contribution < -0.4 is 10.6 Å². The second kappa shape index (κ2) is 8.47. The van der Waals surface area contributed by atoms with Gasteiger partial charge in [-0.25, -0.2) is 9.37 Å². The Labute approximate surface area is 162 Å². The fourth-order valence-electron chi connectivity index (χ4n) is 2.99. The molecule has 6 nitrogen and oxygen atoms in total. The van der Waals surface area contributed by atoms with Crippen LogP contribution in [-0.2, 0) is 9.59 Å². The maximum absolute atomic E-state index is 14.5. The summed E-state index contributed by atoms with van der Waals surface area (Å²) in [5.41, 5.74) is 1.53.